The molecule has 2 atom stereocenters. The zero-order valence-electron chi connectivity index (χ0n) is 9.91. The van der Waals surface area contributed by atoms with Gasteiger partial charge in [0.2, 0.25) is 5.91 Å². The molecule has 1 amide bonds. The van der Waals surface area contributed by atoms with Crippen LogP contribution in [0.4, 0.5) is 0 Å². The summed E-state index contributed by atoms with van der Waals surface area (Å²) in [6.45, 7) is 6.47. The van der Waals surface area contributed by atoms with Crippen molar-refractivity contribution in [2.24, 2.45) is 5.73 Å². The highest BCUT2D eigenvalue weighted by Crippen LogP contribution is 2.03. The molecule has 15 heavy (non-hydrogen) atoms. The van der Waals surface area contributed by atoms with Crippen molar-refractivity contribution in [2.45, 2.75) is 39.3 Å². The molecule has 0 fully saturated rings. The summed E-state index contributed by atoms with van der Waals surface area (Å²) in [5.41, 5.74) is 5.53. The van der Waals surface area contributed by atoms with Crippen LogP contribution in [-0.2, 0) is 4.79 Å². The van der Waals surface area contributed by atoms with Crippen molar-refractivity contribution in [1.29, 1.82) is 0 Å². The van der Waals surface area contributed by atoms with Crippen molar-refractivity contribution in [3.05, 3.63) is 0 Å². The van der Waals surface area contributed by atoms with Crippen molar-refractivity contribution in [1.82, 2.24) is 10.2 Å². The van der Waals surface area contributed by atoms with Crippen LogP contribution in [0.15, 0.2) is 0 Å². The Hall–Kier alpha value is -0.680. The lowest BCUT2D eigenvalue weighted by Gasteiger charge is -2.29. The van der Waals surface area contributed by atoms with E-state index in [2.05, 4.69) is 5.32 Å². The number of nitrogens with two attached hydrogens (primary N) is 1. The van der Waals surface area contributed by atoms with Gasteiger partial charge in [-0.05, 0) is 27.3 Å². The Morgan fingerprint density at radius 2 is 2.00 bits per heavy atom. The summed E-state index contributed by atoms with van der Waals surface area (Å²) in [6, 6.07) is -0.282. The standard InChI is InChI=1S/C10H21N3OS/c1-5-6-12-10(14)8(3)13(4)7(2)9(11)15/h7-8H,5-6H2,1-4H3,(H2,11,15)(H,12,14). The molecule has 0 spiro atoms. The van der Waals surface area contributed by atoms with E-state index in [1.807, 2.05) is 32.7 Å². The molecular weight excluding hydrogens is 210 g/mol. The second kappa shape index (κ2) is 6.74. The van der Waals surface area contributed by atoms with E-state index in [1.165, 1.54) is 0 Å². The van der Waals surface area contributed by atoms with Gasteiger partial charge in [0.1, 0.15) is 0 Å². The van der Waals surface area contributed by atoms with Crippen molar-refractivity contribution < 1.29 is 4.79 Å². The third-order valence-corrected chi connectivity index (χ3v) is 2.90. The summed E-state index contributed by atoms with van der Waals surface area (Å²) in [5, 5.41) is 2.84. The van der Waals surface area contributed by atoms with Crippen LogP contribution >= 0.6 is 12.2 Å². The number of hydrogen-bond acceptors (Lipinski definition) is 3. The number of nitrogens with zero attached hydrogens (tertiary/aromatic N) is 1. The second-order valence-corrected chi connectivity index (χ2v) is 4.18. The van der Waals surface area contributed by atoms with Crippen LogP contribution in [0.25, 0.3) is 0 Å². The Balaban J connectivity index is 4.24. The minimum atomic E-state index is -0.215. The lowest BCUT2D eigenvalue weighted by atomic mass is 10.2. The van der Waals surface area contributed by atoms with Gasteiger partial charge in [0.05, 0.1) is 17.1 Å². The molecule has 0 rings (SSSR count). The summed E-state index contributed by atoms with van der Waals surface area (Å²) in [7, 11) is 1.85. The average Bonchev–Trinajstić information content (AvgIpc) is 2.22. The van der Waals surface area contributed by atoms with Gasteiger partial charge >= 0.3 is 0 Å². The minimum absolute atomic E-state index is 0.0162. The number of thiocarbonyl (C=S) groups is 1. The van der Waals surface area contributed by atoms with Crippen LogP contribution in [0.2, 0.25) is 0 Å². The number of hydrogen-bond donors (Lipinski definition) is 2. The van der Waals surface area contributed by atoms with Crippen LogP contribution in [0.5, 0.6) is 0 Å². The molecule has 0 bridgehead atoms. The summed E-state index contributed by atoms with van der Waals surface area (Å²) in [4.78, 5) is 13.9. The summed E-state index contributed by atoms with van der Waals surface area (Å²) >= 11 is 4.89. The van der Waals surface area contributed by atoms with Gasteiger partial charge in [-0.25, -0.2) is 0 Å². The van der Waals surface area contributed by atoms with E-state index >= 15 is 0 Å². The van der Waals surface area contributed by atoms with Crippen molar-refractivity contribution in [3.63, 3.8) is 0 Å². The molecule has 88 valence electrons. The van der Waals surface area contributed by atoms with Gasteiger partial charge in [0, 0.05) is 6.54 Å². The van der Waals surface area contributed by atoms with E-state index in [0.29, 0.717) is 11.5 Å². The lowest BCUT2D eigenvalue weighted by Crippen LogP contribution is -2.50. The molecule has 0 saturated carbocycles. The van der Waals surface area contributed by atoms with Gasteiger partial charge < -0.3 is 11.1 Å². The highest BCUT2D eigenvalue weighted by molar-refractivity contribution is 7.80. The van der Waals surface area contributed by atoms with Gasteiger partial charge in [-0.1, -0.05) is 19.1 Å². The molecule has 3 N–H and O–H groups in total. The van der Waals surface area contributed by atoms with Crippen molar-refractivity contribution >= 4 is 23.1 Å². The molecule has 0 aromatic rings. The van der Waals surface area contributed by atoms with Gasteiger partial charge in [-0.15, -0.1) is 0 Å². The van der Waals surface area contributed by atoms with E-state index < -0.39 is 0 Å². The normalized spacial score (nSPS) is 14.7. The van der Waals surface area contributed by atoms with Gasteiger partial charge in [-0.2, -0.15) is 0 Å². The molecule has 0 aromatic heterocycles. The average molecular weight is 231 g/mol. The summed E-state index contributed by atoms with van der Waals surface area (Å²) < 4.78 is 0. The smallest absolute Gasteiger partial charge is 0.237 e. The molecule has 0 saturated heterocycles. The summed E-state index contributed by atoms with van der Waals surface area (Å²) in [5.74, 6) is 0.0162. The first-order valence-corrected chi connectivity index (χ1v) is 5.61. The zero-order chi connectivity index (χ0) is 12.0. The number of rotatable bonds is 6. The maximum Gasteiger partial charge on any atom is 0.237 e. The Morgan fingerprint density at radius 1 is 1.47 bits per heavy atom. The quantitative estimate of drug-likeness (QED) is 0.654. The highest BCUT2D eigenvalue weighted by atomic mass is 32.1. The first-order chi connectivity index (χ1) is 6.91. The fraction of sp³-hybridized carbons (Fsp3) is 0.800. The van der Waals surface area contributed by atoms with E-state index in [0.717, 1.165) is 6.42 Å². The zero-order valence-corrected chi connectivity index (χ0v) is 10.7. The SMILES string of the molecule is CCCNC(=O)C(C)N(C)C(C)C(N)=S. The number of likely N-dealkylation sites (N-methyl/N-ethyl adjacent to an activating group) is 1. The fourth-order valence-electron chi connectivity index (χ4n) is 1.12. The van der Waals surface area contributed by atoms with Crippen molar-refractivity contribution in [3.8, 4) is 0 Å². The van der Waals surface area contributed by atoms with Crippen LogP contribution in [0.3, 0.4) is 0 Å². The molecular formula is C10H21N3OS. The Labute approximate surface area is 97.2 Å². The molecule has 4 nitrogen and oxygen atoms in total. The Bertz CT molecular complexity index is 233. The molecule has 5 heteroatoms. The third kappa shape index (κ3) is 4.57. The number of amides is 1. The number of carbonyl (C=O) groups is 1. The lowest BCUT2D eigenvalue weighted by molar-refractivity contribution is -0.125. The van der Waals surface area contributed by atoms with Gasteiger partial charge in [-0.3, -0.25) is 9.69 Å². The van der Waals surface area contributed by atoms with E-state index in [9.17, 15) is 4.79 Å². The van der Waals surface area contributed by atoms with Crippen LogP contribution < -0.4 is 11.1 Å². The maximum atomic E-state index is 11.6. The predicted octanol–water partition coefficient (Wildman–Crippen LogP) is 0.508. The van der Waals surface area contributed by atoms with Crippen LogP contribution in [0, 0.1) is 0 Å². The third-order valence-electron chi connectivity index (χ3n) is 2.56. The molecule has 2 unspecified atom stereocenters. The largest absolute Gasteiger partial charge is 0.392 e. The fourth-order valence-corrected chi connectivity index (χ4v) is 1.28. The molecule has 0 aromatic carbocycles. The molecule has 0 radical (unpaired) electrons. The van der Waals surface area contributed by atoms with E-state index in [-0.39, 0.29) is 18.0 Å². The summed E-state index contributed by atoms with van der Waals surface area (Å²) in [6.07, 6.45) is 0.938. The molecule has 0 heterocycles. The van der Waals surface area contributed by atoms with Gasteiger partial charge in [0.15, 0.2) is 0 Å². The monoisotopic (exact) mass is 231 g/mol. The second-order valence-electron chi connectivity index (χ2n) is 3.71. The minimum Gasteiger partial charge on any atom is -0.392 e. The van der Waals surface area contributed by atoms with Gasteiger partial charge in [0.25, 0.3) is 0 Å². The topological polar surface area (TPSA) is 58.4 Å². The van der Waals surface area contributed by atoms with E-state index in [4.69, 9.17) is 18.0 Å². The maximum absolute atomic E-state index is 11.6. The van der Waals surface area contributed by atoms with Crippen LogP contribution in [-0.4, -0.2) is 41.5 Å². The number of nitrogens with one attached hydrogen (secondary N) is 1. The van der Waals surface area contributed by atoms with Crippen molar-refractivity contribution in [2.75, 3.05) is 13.6 Å². The van der Waals surface area contributed by atoms with E-state index in [1.54, 1.807) is 0 Å². The molecule has 0 aliphatic carbocycles. The predicted molar refractivity (Wildman–Crippen MR) is 66.8 cm³/mol. The first-order valence-electron chi connectivity index (χ1n) is 5.20. The number of carbonyl (C=O) groups excluding carboxylic acids is 1. The molecule has 0 aliphatic heterocycles. The Morgan fingerprint density at radius 3 is 2.40 bits per heavy atom. The first kappa shape index (κ1) is 14.3. The van der Waals surface area contributed by atoms with Crippen LogP contribution in [0.1, 0.15) is 27.2 Å². The Kier molecular flexibility index (Phi) is 6.43. The molecule has 0 aliphatic rings. The highest BCUT2D eigenvalue weighted by Gasteiger charge is 2.22.